The van der Waals surface area contributed by atoms with Crippen molar-refractivity contribution in [2.45, 2.75) is 32.2 Å². The fraction of sp³-hybridized carbons (Fsp3) is 0.727. The molecule has 1 unspecified atom stereocenters. The van der Waals surface area contributed by atoms with E-state index < -0.39 is 0 Å². The van der Waals surface area contributed by atoms with Gasteiger partial charge in [0.15, 0.2) is 0 Å². The second-order valence-electron chi connectivity index (χ2n) is 3.67. The van der Waals surface area contributed by atoms with Crippen LogP contribution in [0.25, 0.3) is 0 Å². The maximum atomic E-state index is 11.7. The van der Waals surface area contributed by atoms with Crippen molar-refractivity contribution >= 4 is 5.91 Å². The first-order chi connectivity index (χ1) is 6.79. The Morgan fingerprint density at radius 2 is 2.50 bits per heavy atom. The Kier molecular flexibility index (Phi) is 4.66. The van der Waals surface area contributed by atoms with Crippen molar-refractivity contribution in [2.24, 2.45) is 0 Å². The summed E-state index contributed by atoms with van der Waals surface area (Å²) in [5, 5.41) is 3.33. The van der Waals surface area contributed by atoms with E-state index in [2.05, 4.69) is 11.9 Å². The van der Waals surface area contributed by atoms with Gasteiger partial charge in [-0.15, -0.1) is 6.58 Å². The van der Waals surface area contributed by atoms with Gasteiger partial charge in [-0.1, -0.05) is 6.08 Å². The summed E-state index contributed by atoms with van der Waals surface area (Å²) in [6.45, 7) is 8.47. The molecule has 3 nitrogen and oxygen atoms in total. The van der Waals surface area contributed by atoms with E-state index in [-0.39, 0.29) is 5.91 Å². The zero-order valence-corrected chi connectivity index (χ0v) is 8.96. The van der Waals surface area contributed by atoms with Crippen molar-refractivity contribution in [1.29, 1.82) is 0 Å². The van der Waals surface area contributed by atoms with Crippen LogP contribution in [0.3, 0.4) is 0 Å². The summed E-state index contributed by atoms with van der Waals surface area (Å²) in [5.74, 6) is 0.205. The third-order valence-corrected chi connectivity index (χ3v) is 2.69. The summed E-state index contributed by atoms with van der Waals surface area (Å²) in [7, 11) is 0. The third kappa shape index (κ3) is 2.84. The highest BCUT2D eigenvalue weighted by atomic mass is 16.2. The summed E-state index contributed by atoms with van der Waals surface area (Å²) < 4.78 is 0. The fourth-order valence-electron chi connectivity index (χ4n) is 1.98. The van der Waals surface area contributed by atoms with Crippen molar-refractivity contribution in [2.75, 3.05) is 19.6 Å². The standard InChI is InChI=1S/C11H20N2O/c1-3-6-11(14)13(4-2)10-7-5-8-12-9-10/h3,10,12H,1,4-9H2,2H3. The molecule has 14 heavy (non-hydrogen) atoms. The van der Waals surface area contributed by atoms with E-state index in [1.54, 1.807) is 6.08 Å². The number of nitrogens with zero attached hydrogens (tertiary/aromatic N) is 1. The van der Waals surface area contributed by atoms with Crippen LogP contribution in [-0.2, 0) is 4.79 Å². The normalized spacial score (nSPS) is 21.6. The molecule has 1 atom stereocenters. The smallest absolute Gasteiger partial charge is 0.226 e. The number of nitrogens with one attached hydrogen (secondary N) is 1. The van der Waals surface area contributed by atoms with Crippen LogP contribution in [0.5, 0.6) is 0 Å². The van der Waals surface area contributed by atoms with Crippen LogP contribution >= 0.6 is 0 Å². The average Bonchev–Trinajstić information content (AvgIpc) is 2.21. The van der Waals surface area contributed by atoms with Gasteiger partial charge in [-0.25, -0.2) is 0 Å². The number of likely N-dealkylation sites (N-methyl/N-ethyl adjacent to an activating group) is 1. The van der Waals surface area contributed by atoms with Gasteiger partial charge < -0.3 is 10.2 Å². The molecule has 1 N–H and O–H groups in total. The summed E-state index contributed by atoms with van der Waals surface area (Å²) >= 11 is 0. The zero-order valence-electron chi connectivity index (χ0n) is 8.96. The molecule has 1 fully saturated rings. The number of amides is 1. The predicted octanol–water partition coefficient (Wildman–Crippen LogP) is 1.16. The van der Waals surface area contributed by atoms with E-state index >= 15 is 0 Å². The maximum absolute atomic E-state index is 11.7. The summed E-state index contributed by atoms with van der Waals surface area (Å²) in [5.41, 5.74) is 0. The van der Waals surface area contributed by atoms with E-state index in [1.807, 2.05) is 11.8 Å². The zero-order chi connectivity index (χ0) is 10.4. The molecule has 1 amide bonds. The second-order valence-corrected chi connectivity index (χ2v) is 3.67. The van der Waals surface area contributed by atoms with Gasteiger partial charge in [-0.3, -0.25) is 4.79 Å². The molecule has 1 saturated heterocycles. The number of hydrogen-bond donors (Lipinski definition) is 1. The molecular formula is C11H20N2O. The first-order valence-electron chi connectivity index (χ1n) is 5.40. The minimum atomic E-state index is 0.205. The lowest BCUT2D eigenvalue weighted by Gasteiger charge is -2.33. The SMILES string of the molecule is C=CCC(=O)N(CC)C1CCCNC1. The van der Waals surface area contributed by atoms with E-state index in [4.69, 9.17) is 0 Å². The second kappa shape index (κ2) is 5.81. The highest BCUT2D eigenvalue weighted by Crippen LogP contribution is 2.11. The molecular weight excluding hydrogens is 176 g/mol. The molecule has 1 aliphatic rings. The van der Waals surface area contributed by atoms with E-state index in [0.717, 1.165) is 26.1 Å². The van der Waals surface area contributed by atoms with E-state index in [9.17, 15) is 4.79 Å². The van der Waals surface area contributed by atoms with Crippen molar-refractivity contribution in [1.82, 2.24) is 10.2 Å². The van der Waals surface area contributed by atoms with Gasteiger partial charge in [0, 0.05) is 25.6 Å². The number of hydrogen-bond acceptors (Lipinski definition) is 2. The molecule has 80 valence electrons. The van der Waals surface area contributed by atoms with Crippen LogP contribution in [0.4, 0.5) is 0 Å². The highest BCUT2D eigenvalue weighted by Gasteiger charge is 2.22. The molecule has 0 aliphatic carbocycles. The van der Waals surface area contributed by atoms with Crippen molar-refractivity contribution in [3.63, 3.8) is 0 Å². The first-order valence-corrected chi connectivity index (χ1v) is 5.40. The van der Waals surface area contributed by atoms with Gasteiger partial charge in [0.1, 0.15) is 0 Å². The van der Waals surface area contributed by atoms with Crippen LogP contribution in [0.15, 0.2) is 12.7 Å². The lowest BCUT2D eigenvalue weighted by Crippen LogP contribution is -2.48. The number of carbonyl (C=O) groups is 1. The molecule has 0 saturated carbocycles. The Bertz CT molecular complexity index is 197. The van der Waals surface area contributed by atoms with Gasteiger partial charge in [0.25, 0.3) is 0 Å². The summed E-state index contributed by atoms with van der Waals surface area (Å²) in [4.78, 5) is 13.7. The van der Waals surface area contributed by atoms with Crippen LogP contribution in [0.2, 0.25) is 0 Å². The Labute approximate surface area is 86.2 Å². The Morgan fingerprint density at radius 1 is 1.71 bits per heavy atom. The minimum absolute atomic E-state index is 0.205. The van der Waals surface area contributed by atoms with Gasteiger partial charge >= 0.3 is 0 Å². The minimum Gasteiger partial charge on any atom is -0.338 e. The van der Waals surface area contributed by atoms with Crippen molar-refractivity contribution in [3.8, 4) is 0 Å². The largest absolute Gasteiger partial charge is 0.338 e. The summed E-state index contributed by atoms with van der Waals surface area (Å²) in [6.07, 6.45) is 4.44. The van der Waals surface area contributed by atoms with Crippen LogP contribution in [0.1, 0.15) is 26.2 Å². The van der Waals surface area contributed by atoms with Crippen molar-refractivity contribution in [3.05, 3.63) is 12.7 Å². The number of piperidine rings is 1. The first kappa shape index (κ1) is 11.2. The molecule has 3 heteroatoms. The topological polar surface area (TPSA) is 32.3 Å². The molecule has 1 aliphatic heterocycles. The van der Waals surface area contributed by atoms with Gasteiger partial charge in [-0.05, 0) is 26.3 Å². The van der Waals surface area contributed by atoms with Gasteiger partial charge in [-0.2, -0.15) is 0 Å². The van der Waals surface area contributed by atoms with Crippen LogP contribution < -0.4 is 5.32 Å². The molecule has 0 aromatic rings. The Balaban J connectivity index is 2.50. The molecule has 1 rings (SSSR count). The van der Waals surface area contributed by atoms with Gasteiger partial charge in [0.2, 0.25) is 5.91 Å². The summed E-state index contributed by atoms with van der Waals surface area (Å²) in [6, 6.07) is 0.390. The van der Waals surface area contributed by atoms with Crippen molar-refractivity contribution < 1.29 is 4.79 Å². The molecule has 1 heterocycles. The number of rotatable bonds is 4. The highest BCUT2D eigenvalue weighted by molar-refractivity contribution is 5.77. The number of carbonyl (C=O) groups excluding carboxylic acids is 1. The third-order valence-electron chi connectivity index (χ3n) is 2.69. The monoisotopic (exact) mass is 196 g/mol. The molecule has 0 aromatic heterocycles. The fourth-order valence-corrected chi connectivity index (χ4v) is 1.98. The van der Waals surface area contributed by atoms with Crippen LogP contribution in [0, 0.1) is 0 Å². The molecule has 0 spiro atoms. The lowest BCUT2D eigenvalue weighted by atomic mass is 10.1. The van der Waals surface area contributed by atoms with E-state index in [0.29, 0.717) is 12.5 Å². The quantitative estimate of drug-likeness (QED) is 0.684. The molecule has 0 bridgehead atoms. The van der Waals surface area contributed by atoms with Crippen LogP contribution in [-0.4, -0.2) is 36.5 Å². The Morgan fingerprint density at radius 3 is 3.00 bits per heavy atom. The lowest BCUT2D eigenvalue weighted by molar-refractivity contribution is -0.132. The van der Waals surface area contributed by atoms with E-state index in [1.165, 1.54) is 6.42 Å². The average molecular weight is 196 g/mol. The van der Waals surface area contributed by atoms with Gasteiger partial charge in [0.05, 0.1) is 0 Å². The predicted molar refractivity (Wildman–Crippen MR) is 58.1 cm³/mol. The maximum Gasteiger partial charge on any atom is 0.226 e. The Hall–Kier alpha value is -0.830. The molecule has 0 aromatic carbocycles. The molecule has 0 radical (unpaired) electrons.